The molecule has 0 aliphatic carbocycles. The highest BCUT2D eigenvalue weighted by molar-refractivity contribution is 6.07. The van der Waals surface area contributed by atoms with Crippen LogP contribution in [0.2, 0.25) is 0 Å². The van der Waals surface area contributed by atoms with E-state index < -0.39 is 17.3 Å². The molecule has 0 fully saturated rings. The van der Waals surface area contributed by atoms with Gasteiger partial charge >= 0.3 is 11.9 Å². The number of carbonyl (C=O) groups excluding carboxylic acids is 2. The third-order valence-corrected chi connectivity index (χ3v) is 6.82. The SMILES string of the molecule is CCCCCCCCC(CCCCCC(=O)[C@](N)(CCCCN)C(=O)O)C(=O)OCc1ccccc1. The topological polar surface area (TPSA) is 133 Å². The Labute approximate surface area is 217 Å². The van der Waals surface area contributed by atoms with Crippen LogP contribution in [0.3, 0.4) is 0 Å². The number of Topliss-reactive ketones (excluding diaryl/α,β-unsaturated/α-hetero) is 1. The number of hydrogen-bond acceptors (Lipinski definition) is 6. The van der Waals surface area contributed by atoms with Crippen LogP contribution in [0.4, 0.5) is 0 Å². The van der Waals surface area contributed by atoms with Crippen molar-refractivity contribution in [3.63, 3.8) is 0 Å². The van der Waals surface area contributed by atoms with Crippen LogP contribution >= 0.6 is 0 Å². The number of ketones is 1. The van der Waals surface area contributed by atoms with E-state index in [1.807, 2.05) is 30.3 Å². The standard InChI is InChI=1S/C29H48N2O5/c1-2-3-4-5-6-11-18-25(27(33)36-23-24-16-9-7-10-17-24)19-12-8-13-20-26(32)29(31,28(34)35)21-14-15-22-30/h7,9-10,16-17,25H,2-6,8,11-15,18-23,30-31H2,1H3,(H,34,35)/t25?,29-/m1/s1. The van der Waals surface area contributed by atoms with E-state index in [0.717, 1.165) is 37.7 Å². The van der Waals surface area contributed by atoms with E-state index in [4.69, 9.17) is 16.2 Å². The molecular weight excluding hydrogens is 456 g/mol. The number of esters is 1. The number of nitrogens with two attached hydrogens (primary N) is 2. The summed E-state index contributed by atoms with van der Waals surface area (Å²) >= 11 is 0. The highest BCUT2D eigenvalue weighted by atomic mass is 16.5. The van der Waals surface area contributed by atoms with Gasteiger partial charge in [-0.15, -0.1) is 0 Å². The predicted octanol–water partition coefficient (Wildman–Crippen LogP) is 5.53. The first-order valence-electron chi connectivity index (χ1n) is 13.8. The molecule has 1 rings (SSSR count). The summed E-state index contributed by atoms with van der Waals surface area (Å²) < 4.78 is 5.62. The number of rotatable bonds is 22. The average molecular weight is 505 g/mol. The van der Waals surface area contributed by atoms with E-state index in [-0.39, 0.29) is 31.3 Å². The fraction of sp³-hybridized carbons (Fsp3) is 0.690. The molecule has 0 radical (unpaired) electrons. The van der Waals surface area contributed by atoms with Crippen LogP contribution in [0, 0.1) is 5.92 Å². The summed E-state index contributed by atoms with van der Waals surface area (Å²) in [6, 6.07) is 9.67. The van der Waals surface area contributed by atoms with Crippen molar-refractivity contribution >= 4 is 17.7 Å². The van der Waals surface area contributed by atoms with Crippen molar-refractivity contribution in [2.75, 3.05) is 6.54 Å². The number of aliphatic carboxylic acids is 1. The van der Waals surface area contributed by atoms with Crippen molar-refractivity contribution < 1.29 is 24.2 Å². The van der Waals surface area contributed by atoms with E-state index in [1.54, 1.807) is 0 Å². The number of benzene rings is 1. The first-order chi connectivity index (χ1) is 17.3. The highest BCUT2D eigenvalue weighted by Gasteiger charge is 2.40. The van der Waals surface area contributed by atoms with E-state index in [1.165, 1.54) is 25.7 Å². The Morgan fingerprint density at radius 3 is 2.11 bits per heavy atom. The number of hydrogen-bond donors (Lipinski definition) is 3. The molecule has 0 amide bonds. The van der Waals surface area contributed by atoms with Gasteiger partial charge in [0.25, 0.3) is 0 Å². The first kappa shape index (κ1) is 31.8. The lowest BCUT2D eigenvalue weighted by atomic mass is 9.86. The molecule has 1 unspecified atom stereocenters. The minimum atomic E-state index is -1.84. The van der Waals surface area contributed by atoms with E-state index >= 15 is 0 Å². The van der Waals surface area contributed by atoms with Crippen LogP contribution in [0.5, 0.6) is 0 Å². The quantitative estimate of drug-likeness (QED) is 0.107. The molecule has 0 heterocycles. The van der Waals surface area contributed by atoms with Crippen LogP contribution in [0.15, 0.2) is 30.3 Å². The maximum absolute atomic E-state index is 12.8. The molecule has 7 heteroatoms. The number of unbranched alkanes of at least 4 members (excludes halogenated alkanes) is 8. The monoisotopic (exact) mass is 504 g/mol. The third kappa shape index (κ3) is 12.6. The van der Waals surface area contributed by atoms with Gasteiger partial charge < -0.3 is 21.3 Å². The molecule has 2 atom stereocenters. The van der Waals surface area contributed by atoms with Crippen LogP contribution < -0.4 is 11.5 Å². The summed E-state index contributed by atoms with van der Waals surface area (Å²) in [4.78, 5) is 37.0. The second-order valence-electron chi connectivity index (χ2n) is 9.89. The number of carbonyl (C=O) groups is 3. The summed E-state index contributed by atoms with van der Waals surface area (Å²) in [6.07, 6.45) is 12.0. The van der Waals surface area contributed by atoms with E-state index in [9.17, 15) is 19.5 Å². The molecule has 0 saturated heterocycles. The van der Waals surface area contributed by atoms with Crippen molar-refractivity contribution in [1.82, 2.24) is 0 Å². The molecule has 204 valence electrons. The zero-order valence-corrected chi connectivity index (χ0v) is 22.2. The summed E-state index contributed by atoms with van der Waals surface area (Å²) in [7, 11) is 0. The van der Waals surface area contributed by atoms with Crippen molar-refractivity contribution in [2.45, 2.75) is 115 Å². The molecule has 5 N–H and O–H groups in total. The van der Waals surface area contributed by atoms with Gasteiger partial charge in [0.05, 0.1) is 5.92 Å². The lowest BCUT2D eigenvalue weighted by Gasteiger charge is -2.23. The minimum absolute atomic E-state index is 0.103. The first-order valence-corrected chi connectivity index (χ1v) is 13.8. The van der Waals surface area contributed by atoms with Gasteiger partial charge in [-0.2, -0.15) is 0 Å². The van der Waals surface area contributed by atoms with Gasteiger partial charge in [-0.05, 0) is 50.6 Å². The molecule has 0 spiro atoms. The van der Waals surface area contributed by atoms with Gasteiger partial charge in [-0.3, -0.25) is 9.59 Å². The van der Waals surface area contributed by atoms with Crippen LogP contribution in [-0.4, -0.2) is 34.9 Å². The maximum atomic E-state index is 12.8. The molecule has 0 saturated carbocycles. The van der Waals surface area contributed by atoms with Gasteiger partial charge in [-0.25, -0.2) is 4.79 Å². The molecule has 1 aromatic carbocycles. The number of carboxylic acids is 1. The van der Waals surface area contributed by atoms with Gasteiger partial charge in [0.2, 0.25) is 0 Å². The minimum Gasteiger partial charge on any atom is -0.480 e. The Morgan fingerprint density at radius 1 is 0.889 bits per heavy atom. The predicted molar refractivity (Wildman–Crippen MR) is 143 cm³/mol. The molecule has 1 aromatic rings. The smallest absolute Gasteiger partial charge is 0.331 e. The van der Waals surface area contributed by atoms with Crippen LogP contribution in [0.25, 0.3) is 0 Å². The Balaban J connectivity index is 2.50. The van der Waals surface area contributed by atoms with Crippen LogP contribution in [0.1, 0.15) is 109 Å². The average Bonchev–Trinajstić information content (AvgIpc) is 2.88. The van der Waals surface area contributed by atoms with E-state index in [0.29, 0.717) is 32.2 Å². The number of carboxylic acid groups (broad SMARTS) is 1. The largest absolute Gasteiger partial charge is 0.480 e. The number of ether oxygens (including phenoxy) is 1. The summed E-state index contributed by atoms with van der Waals surface area (Å²) in [5.74, 6) is -2.02. The summed E-state index contributed by atoms with van der Waals surface area (Å²) in [5.41, 5.74) is 10.6. The Kier molecular flexibility index (Phi) is 16.7. The van der Waals surface area contributed by atoms with Crippen molar-refractivity contribution in [2.24, 2.45) is 17.4 Å². The normalized spacial score (nSPS) is 13.6. The Bertz CT molecular complexity index is 755. The van der Waals surface area contributed by atoms with Gasteiger partial charge in [-0.1, -0.05) is 88.6 Å². The highest BCUT2D eigenvalue weighted by Crippen LogP contribution is 2.22. The zero-order chi connectivity index (χ0) is 26.7. The molecule has 0 bridgehead atoms. The lowest BCUT2D eigenvalue weighted by molar-refractivity contribution is -0.151. The fourth-order valence-corrected chi connectivity index (χ4v) is 4.39. The molecular formula is C29H48N2O5. The second-order valence-corrected chi connectivity index (χ2v) is 9.89. The lowest BCUT2D eigenvalue weighted by Crippen LogP contribution is -2.54. The van der Waals surface area contributed by atoms with Crippen molar-refractivity contribution in [3.05, 3.63) is 35.9 Å². The summed E-state index contributed by atoms with van der Waals surface area (Å²) in [5, 5.41) is 9.49. The summed E-state index contributed by atoms with van der Waals surface area (Å²) in [6.45, 7) is 2.92. The molecule has 7 nitrogen and oxygen atoms in total. The van der Waals surface area contributed by atoms with E-state index in [2.05, 4.69) is 6.92 Å². The van der Waals surface area contributed by atoms with Crippen LogP contribution in [-0.2, 0) is 25.7 Å². The molecule has 36 heavy (non-hydrogen) atoms. The molecule has 0 aliphatic heterocycles. The fourth-order valence-electron chi connectivity index (χ4n) is 4.39. The van der Waals surface area contributed by atoms with Crippen molar-refractivity contribution in [3.8, 4) is 0 Å². The zero-order valence-electron chi connectivity index (χ0n) is 22.2. The van der Waals surface area contributed by atoms with Gasteiger partial charge in [0.15, 0.2) is 11.3 Å². The van der Waals surface area contributed by atoms with Crippen molar-refractivity contribution in [1.29, 1.82) is 0 Å². The molecule has 0 aromatic heterocycles. The Hall–Kier alpha value is -2.25. The maximum Gasteiger partial charge on any atom is 0.331 e. The van der Waals surface area contributed by atoms with Gasteiger partial charge in [0, 0.05) is 6.42 Å². The van der Waals surface area contributed by atoms with Gasteiger partial charge in [0.1, 0.15) is 6.61 Å². The second kappa shape index (κ2) is 18.9. The Morgan fingerprint density at radius 2 is 1.50 bits per heavy atom. The third-order valence-electron chi connectivity index (χ3n) is 6.82. The molecule has 0 aliphatic rings.